The molecule has 1 aromatic carbocycles. The SMILES string of the molecule is CC1CCCN(C(=O)Nc2ccc(F)cc2I)C1. The van der Waals surface area contributed by atoms with Gasteiger partial charge in [-0.3, -0.25) is 0 Å². The van der Waals surface area contributed by atoms with Crippen molar-refractivity contribution in [2.45, 2.75) is 19.8 Å². The van der Waals surface area contributed by atoms with Crippen molar-refractivity contribution in [2.75, 3.05) is 18.4 Å². The topological polar surface area (TPSA) is 32.3 Å². The van der Waals surface area contributed by atoms with Crippen LogP contribution in [0.1, 0.15) is 19.8 Å². The Morgan fingerprint density at radius 1 is 1.56 bits per heavy atom. The number of amides is 2. The minimum atomic E-state index is -0.288. The summed E-state index contributed by atoms with van der Waals surface area (Å²) in [6, 6.07) is 4.28. The van der Waals surface area contributed by atoms with E-state index >= 15 is 0 Å². The number of likely N-dealkylation sites (tertiary alicyclic amines) is 1. The summed E-state index contributed by atoms with van der Waals surface area (Å²) < 4.78 is 13.7. The maximum atomic E-state index is 13.0. The van der Waals surface area contributed by atoms with E-state index in [0.717, 1.165) is 19.5 Å². The van der Waals surface area contributed by atoms with Crippen molar-refractivity contribution in [3.05, 3.63) is 27.6 Å². The molecule has 2 amide bonds. The van der Waals surface area contributed by atoms with Gasteiger partial charge in [-0.05, 0) is 59.5 Å². The van der Waals surface area contributed by atoms with Gasteiger partial charge in [0.2, 0.25) is 0 Å². The molecule has 0 spiro atoms. The van der Waals surface area contributed by atoms with E-state index in [0.29, 0.717) is 15.2 Å². The van der Waals surface area contributed by atoms with Crippen LogP contribution in [0, 0.1) is 15.3 Å². The summed E-state index contributed by atoms with van der Waals surface area (Å²) in [5.74, 6) is 0.265. The average Bonchev–Trinajstić information content (AvgIpc) is 2.32. The number of benzene rings is 1. The first kappa shape index (κ1) is 13.6. The highest BCUT2D eigenvalue weighted by molar-refractivity contribution is 14.1. The van der Waals surface area contributed by atoms with Gasteiger partial charge in [-0.2, -0.15) is 0 Å². The summed E-state index contributed by atoms with van der Waals surface area (Å²) in [5.41, 5.74) is 0.667. The smallest absolute Gasteiger partial charge is 0.321 e. The Morgan fingerprint density at radius 2 is 2.33 bits per heavy atom. The Kier molecular flexibility index (Phi) is 4.42. The number of urea groups is 1. The number of hydrogen-bond acceptors (Lipinski definition) is 1. The van der Waals surface area contributed by atoms with E-state index in [2.05, 4.69) is 12.2 Å². The molecule has 1 N–H and O–H groups in total. The standard InChI is InChI=1S/C13H16FIN2O/c1-9-3-2-6-17(8-9)13(18)16-12-5-4-10(14)7-11(12)15/h4-5,7,9H,2-3,6,8H2,1H3,(H,16,18). The predicted octanol–water partition coefficient (Wildman–Crippen LogP) is 3.69. The van der Waals surface area contributed by atoms with Gasteiger partial charge in [-0.25, -0.2) is 9.18 Å². The van der Waals surface area contributed by atoms with Crippen LogP contribution < -0.4 is 5.32 Å². The predicted molar refractivity (Wildman–Crippen MR) is 78.1 cm³/mol. The summed E-state index contributed by atoms with van der Waals surface area (Å²) >= 11 is 2.02. The molecule has 1 saturated heterocycles. The van der Waals surface area contributed by atoms with Crippen molar-refractivity contribution >= 4 is 34.3 Å². The number of rotatable bonds is 1. The summed E-state index contributed by atoms with van der Waals surface area (Å²) in [6.45, 7) is 3.75. The molecule has 0 bridgehead atoms. The lowest BCUT2D eigenvalue weighted by Gasteiger charge is -2.31. The fraction of sp³-hybridized carbons (Fsp3) is 0.462. The molecule has 3 nitrogen and oxygen atoms in total. The van der Waals surface area contributed by atoms with E-state index in [1.807, 2.05) is 27.5 Å². The highest BCUT2D eigenvalue weighted by Gasteiger charge is 2.21. The lowest BCUT2D eigenvalue weighted by molar-refractivity contribution is 0.182. The number of halogens is 2. The second-order valence-electron chi connectivity index (χ2n) is 4.75. The third-order valence-electron chi connectivity index (χ3n) is 3.12. The zero-order chi connectivity index (χ0) is 13.1. The molecule has 5 heteroatoms. The Labute approximate surface area is 120 Å². The van der Waals surface area contributed by atoms with E-state index in [1.165, 1.54) is 18.6 Å². The van der Waals surface area contributed by atoms with E-state index in [-0.39, 0.29) is 11.8 Å². The number of carbonyl (C=O) groups is 1. The summed E-state index contributed by atoms with van der Waals surface area (Å²) in [4.78, 5) is 13.9. The average molecular weight is 362 g/mol. The van der Waals surface area contributed by atoms with Gasteiger partial charge < -0.3 is 10.2 Å². The zero-order valence-electron chi connectivity index (χ0n) is 10.2. The van der Waals surface area contributed by atoms with Crippen molar-refractivity contribution in [3.63, 3.8) is 0 Å². The van der Waals surface area contributed by atoms with Gasteiger partial charge >= 0.3 is 6.03 Å². The molecule has 1 fully saturated rings. The molecule has 0 aromatic heterocycles. The first-order valence-electron chi connectivity index (χ1n) is 6.07. The first-order chi connectivity index (χ1) is 8.56. The van der Waals surface area contributed by atoms with Crippen molar-refractivity contribution in [1.29, 1.82) is 0 Å². The Bertz CT molecular complexity index is 453. The fourth-order valence-corrected chi connectivity index (χ4v) is 2.77. The molecule has 0 aliphatic carbocycles. The number of nitrogens with zero attached hydrogens (tertiary/aromatic N) is 1. The minimum Gasteiger partial charge on any atom is -0.324 e. The van der Waals surface area contributed by atoms with Crippen LogP contribution in [-0.4, -0.2) is 24.0 Å². The van der Waals surface area contributed by atoms with Gasteiger partial charge in [0.1, 0.15) is 5.82 Å². The highest BCUT2D eigenvalue weighted by Crippen LogP contribution is 2.21. The van der Waals surface area contributed by atoms with E-state index in [4.69, 9.17) is 0 Å². The number of carbonyl (C=O) groups excluding carboxylic acids is 1. The maximum absolute atomic E-state index is 13.0. The molecule has 1 heterocycles. The van der Waals surface area contributed by atoms with Crippen LogP contribution in [0.15, 0.2) is 18.2 Å². The van der Waals surface area contributed by atoms with Crippen LogP contribution in [0.3, 0.4) is 0 Å². The molecule has 2 rings (SSSR count). The minimum absolute atomic E-state index is 0.0916. The van der Waals surface area contributed by atoms with Gasteiger partial charge in [0, 0.05) is 16.7 Å². The largest absolute Gasteiger partial charge is 0.324 e. The third kappa shape index (κ3) is 3.34. The molecule has 0 radical (unpaired) electrons. The quantitative estimate of drug-likeness (QED) is 0.760. The summed E-state index contributed by atoms with van der Waals surface area (Å²) in [6.07, 6.45) is 2.23. The molecular formula is C13H16FIN2O. The van der Waals surface area contributed by atoms with Gasteiger partial charge in [0.05, 0.1) is 5.69 Å². The molecule has 1 aromatic rings. The lowest BCUT2D eigenvalue weighted by Crippen LogP contribution is -2.41. The number of anilines is 1. The molecule has 1 atom stereocenters. The van der Waals surface area contributed by atoms with Crippen molar-refractivity contribution in [1.82, 2.24) is 4.90 Å². The second-order valence-corrected chi connectivity index (χ2v) is 5.91. The highest BCUT2D eigenvalue weighted by atomic mass is 127. The molecule has 1 unspecified atom stereocenters. The molecular weight excluding hydrogens is 346 g/mol. The van der Waals surface area contributed by atoms with E-state index < -0.39 is 0 Å². The third-order valence-corrected chi connectivity index (χ3v) is 4.01. The maximum Gasteiger partial charge on any atom is 0.321 e. The van der Waals surface area contributed by atoms with Crippen LogP contribution in [0.25, 0.3) is 0 Å². The zero-order valence-corrected chi connectivity index (χ0v) is 12.4. The van der Waals surface area contributed by atoms with Gasteiger partial charge in [0.15, 0.2) is 0 Å². The van der Waals surface area contributed by atoms with Crippen LogP contribution in [-0.2, 0) is 0 Å². The summed E-state index contributed by atoms with van der Waals surface area (Å²) in [7, 11) is 0. The van der Waals surface area contributed by atoms with Crippen LogP contribution >= 0.6 is 22.6 Å². The Hall–Kier alpha value is -0.850. The van der Waals surface area contributed by atoms with Crippen LogP contribution in [0.4, 0.5) is 14.9 Å². The van der Waals surface area contributed by atoms with Crippen LogP contribution in [0.5, 0.6) is 0 Å². The first-order valence-corrected chi connectivity index (χ1v) is 7.15. The van der Waals surface area contributed by atoms with Crippen molar-refractivity contribution < 1.29 is 9.18 Å². The lowest BCUT2D eigenvalue weighted by atomic mass is 10.0. The van der Waals surface area contributed by atoms with Crippen molar-refractivity contribution in [3.8, 4) is 0 Å². The number of piperidine rings is 1. The van der Waals surface area contributed by atoms with Crippen molar-refractivity contribution in [2.24, 2.45) is 5.92 Å². The molecule has 98 valence electrons. The van der Waals surface area contributed by atoms with E-state index in [9.17, 15) is 9.18 Å². The fourth-order valence-electron chi connectivity index (χ4n) is 2.16. The number of nitrogens with one attached hydrogen (secondary N) is 1. The number of hydrogen-bond donors (Lipinski definition) is 1. The molecule has 18 heavy (non-hydrogen) atoms. The van der Waals surface area contributed by atoms with E-state index in [1.54, 1.807) is 6.07 Å². The molecule has 0 saturated carbocycles. The normalized spacial score (nSPS) is 19.7. The van der Waals surface area contributed by atoms with Crippen LogP contribution in [0.2, 0.25) is 0 Å². The van der Waals surface area contributed by atoms with Gasteiger partial charge in [0.25, 0.3) is 0 Å². The summed E-state index contributed by atoms with van der Waals surface area (Å²) in [5, 5.41) is 2.84. The molecule has 1 aliphatic heterocycles. The second kappa shape index (κ2) is 5.86. The monoisotopic (exact) mass is 362 g/mol. The molecule has 1 aliphatic rings. The van der Waals surface area contributed by atoms with Gasteiger partial charge in [-0.15, -0.1) is 0 Å². The Balaban J connectivity index is 2.02. The Morgan fingerprint density at radius 3 is 3.00 bits per heavy atom. The van der Waals surface area contributed by atoms with Gasteiger partial charge in [-0.1, -0.05) is 6.92 Å².